The third-order valence-corrected chi connectivity index (χ3v) is 2.88. The molecule has 6 nitrogen and oxygen atoms in total. The minimum absolute atomic E-state index is 0.119. The molecule has 2 aromatic rings. The molecule has 0 unspecified atom stereocenters. The van der Waals surface area contributed by atoms with Gasteiger partial charge in [0.05, 0.1) is 6.42 Å². The molecule has 1 aromatic heterocycles. The summed E-state index contributed by atoms with van der Waals surface area (Å²) >= 11 is 0. The fourth-order valence-electron chi connectivity index (χ4n) is 1.72. The zero-order chi connectivity index (χ0) is 14.5. The van der Waals surface area contributed by atoms with Crippen LogP contribution in [0.4, 0.5) is 0 Å². The monoisotopic (exact) mass is 274 g/mol. The fourth-order valence-corrected chi connectivity index (χ4v) is 1.72. The van der Waals surface area contributed by atoms with Crippen LogP contribution in [0.25, 0.3) is 0 Å². The standard InChI is InChI=1S/C14H18N4O2/c1-9-4-5-10(2)11(6-9)20-8-13-16-12(17-18-13)7-14(19)15-3/h4-6H,7-8H2,1-3H3,(H,15,19)(H,16,17,18). The van der Waals surface area contributed by atoms with Gasteiger partial charge in [-0.2, -0.15) is 5.10 Å². The molecule has 0 radical (unpaired) electrons. The highest BCUT2D eigenvalue weighted by molar-refractivity contribution is 5.77. The Labute approximate surface area is 117 Å². The Balaban J connectivity index is 1.97. The molecule has 0 spiro atoms. The minimum atomic E-state index is -0.119. The predicted octanol–water partition coefficient (Wildman–Crippen LogP) is 1.29. The maximum absolute atomic E-state index is 11.2. The molecule has 0 saturated carbocycles. The molecule has 0 bridgehead atoms. The second-order valence-corrected chi connectivity index (χ2v) is 4.61. The molecule has 6 heteroatoms. The van der Waals surface area contributed by atoms with Gasteiger partial charge in [0.1, 0.15) is 12.4 Å². The second kappa shape index (κ2) is 6.18. The van der Waals surface area contributed by atoms with E-state index in [1.807, 2.05) is 32.0 Å². The maximum atomic E-state index is 11.2. The van der Waals surface area contributed by atoms with Crippen LogP contribution in [0, 0.1) is 13.8 Å². The zero-order valence-corrected chi connectivity index (χ0v) is 11.9. The van der Waals surface area contributed by atoms with Crippen LogP contribution in [0.5, 0.6) is 5.75 Å². The van der Waals surface area contributed by atoms with Crippen molar-refractivity contribution in [2.75, 3.05) is 7.05 Å². The lowest BCUT2D eigenvalue weighted by Crippen LogP contribution is -2.20. The summed E-state index contributed by atoms with van der Waals surface area (Å²) in [6.07, 6.45) is 0.163. The molecule has 2 rings (SSSR count). The zero-order valence-electron chi connectivity index (χ0n) is 11.9. The van der Waals surface area contributed by atoms with Crippen LogP contribution < -0.4 is 10.1 Å². The van der Waals surface area contributed by atoms with Crippen molar-refractivity contribution in [3.8, 4) is 5.75 Å². The lowest BCUT2D eigenvalue weighted by molar-refractivity contribution is -0.120. The van der Waals surface area contributed by atoms with Gasteiger partial charge in [0.2, 0.25) is 5.91 Å². The van der Waals surface area contributed by atoms with Crippen LogP contribution in [0.3, 0.4) is 0 Å². The van der Waals surface area contributed by atoms with E-state index in [1.54, 1.807) is 7.05 Å². The highest BCUT2D eigenvalue weighted by Crippen LogP contribution is 2.19. The van der Waals surface area contributed by atoms with E-state index in [9.17, 15) is 4.79 Å². The average molecular weight is 274 g/mol. The van der Waals surface area contributed by atoms with Crippen LogP contribution in [-0.4, -0.2) is 28.1 Å². The maximum Gasteiger partial charge on any atom is 0.227 e. The first-order valence-corrected chi connectivity index (χ1v) is 6.39. The number of ether oxygens (including phenoxy) is 1. The van der Waals surface area contributed by atoms with Gasteiger partial charge in [-0.15, -0.1) is 0 Å². The Bertz CT molecular complexity index is 607. The van der Waals surface area contributed by atoms with Crippen molar-refractivity contribution in [1.82, 2.24) is 20.5 Å². The molecule has 1 heterocycles. The first-order chi connectivity index (χ1) is 9.58. The number of rotatable bonds is 5. The Morgan fingerprint density at radius 1 is 1.40 bits per heavy atom. The molecule has 2 N–H and O–H groups in total. The first kappa shape index (κ1) is 14.0. The topological polar surface area (TPSA) is 79.9 Å². The molecule has 0 atom stereocenters. The predicted molar refractivity (Wildman–Crippen MR) is 74.4 cm³/mol. The minimum Gasteiger partial charge on any atom is -0.485 e. The summed E-state index contributed by atoms with van der Waals surface area (Å²) in [5.74, 6) is 1.77. The van der Waals surface area contributed by atoms with Gasteiger partial charge in [-0.3, -0.25) is 9.89 Å². The summed E-state index contributed by atoms with van der Waals surface area (Å²) in [7, 11) is 1.58. The van der Waals surface area contributed by atoms with E-state index in [0.29, 0.717) is 18.3 Å². The SMILES string of the molecule is CNC(=O)Cc1n[nH]c(COc2cc(C)ccc2C)n1. The summed E-state index contributed by atoms with van der Waals surface area (Å²) < 4.78 is 5.71. The quantitative estimate of drug-likeness (QED) is 0.861. The summed E-state index contributed by atoms with van der Waals surface area (Å²) in [5, 5.41) is 9.28. The van der Waals surface area contributed by atoms with Gasteiger partial charge in [0.15, 0.2) is 11.6 Å². The van der Waals surface area contributed by atoms with E-state index in [1.165, 1.54) is 0 Å². The van der Waals surface area contributed by atoms with Crippen molar-refractivity contribution in [2.45, 2.75) is 26.9 Å². The number of benzene rings is 1. The molecule has 0 aliphatic rings. The average Bonchev–Trinajstić information content (AvgIpc) is 2.87. The van der Waals surface area contributed by atoms with Gasteiger partial charge in [-0.25, -0.2) is 4.98 Å². The summed E-state index contributed by atoms with van der Waals surface area (Å²) in [6.45, 7) is 4.30. The summed E-state index contributed by atoms with van der Waals surface area (Å²) in [5.41, 5.74) is 2.21. The lowest BCUT2D eigenvalue weighted by Gasteiger charge is -2.08. The number of carbonyl (C=O) groups is 1. The molecule has 0 saturated heterocycles. The number of H-pyrrole nitrogens is 1. The molecule has 0 fully saturated rings. The number of hydrogen-bond acceptors (Lipinski definition) is 4. The largest absolute Gasteiger partial charge is 0.485 e. The molecular formula is C14H18N4O2. The Morgan fingerprint density at radius 3 is 2.95 bits per heavy atom. The van der Waals surface area contributed by atoms with Crippen molar-refractivity contribution in [1.29, 1.82) is 0 Å². The highest BCUT2D eigenvalue weighted by Gasteiger charge is 2.08. The first-order valence-electron chi connectivity index (χ1n) is 6.39. The number of nitrogens with zero attached hydrogens (tertiary/aromatic N) is 2. The van der Waals surface area contributed by atoms with E-state index in [-0.39, 0.29) is 12.3 Å². The number of amides is 1. The Hall–Kier alpha value is -2.37. The van der Waals surface area contributed by atoms with E-state index in [2.05, 4.69) is 20.5 Å². The number of likely N-dealkylation sites (N-methyl/N-ethyl adjacent to an activating group) is 1. The van der Waals surface area contributed by atoms with E-state index >= 15 is 0 Å². The van der Waals surface area contributed by atoms with Crippen molar-refractivity contribution < 1.29 is 9.53 Å². The normalized spacial score (nSPS) is 10.3. The van der Waals surface area contributed by atoms with E-state index < -0.39 is 0 Å². The van der Waals surface area contributed by atoms with Crippen LogP contribution >= 0.6 is 0 Å². The van der Waals surface area contributed by atoms with Gasteiger partial charge in [-0.1, -0.05) is 12.1 Å². The van der Waals surface area contributed by atoms with Crippen LogP contribution in [0.1, 0.15) is 22.8 Å². The van der Waals surface area contributed by atoms with Gasteiger partial charge in [0.25, 0.3) is 0 Å². The third-order valence-electron chi connectivity index (χ3n) is 2.88. The van der Waals surface area contributed by atoms with Crippen LogP contribution in [-0.2, 0) is 17.8 Å². The Kier molecular flexibility index (Phi) is 4.34. The van der Waals surface area contributed by atoms with Crippen LogP contribution in [0.2, 0.25) is 0 Å². The van der Waals surface area contributed by atoms with E-state index in [0.717, 1.165) is 16.9 Å². The fraction of sp³-hybridized carbons (Fsp3) is 0.357. The Morgan fingerprint density at radius 2 is 2.20 bits per heavy atom. The van der Waals surface area contributed by atoms with Gasteiger partial charge in [0, 0.05) is 7.05 Å². The second-order valence-electron chi connectivity index (χ2n) is 4.61. The number of hydrogen-bond donors (Lipinski definition) is 2. The molecule has 106 valence electrons. The molecule has 0 aliphatic heterocycles. The van der Waals surface area contributed by atoms with Crippen molar-refractivity contribution in [2.24, 2.45) is 0 Å². The number of aryl methyl sites for hydroxylation is 2. The molecule has 0 aliphatic carbocycles. The van der Waals surface area contributed by atoms with Crippen molar-refractivity contribution >= 4 is 5.91 Å². The molecule has 1 amide bonds. The molecule has 1 aromatic carbocycles. The van der Waals surface area contributed by atoms with Gasteiger partial charge >= 0.3 is 0 Å². The van der Waals surface area contributed by atoms with E-state index in [4.69, 9.17) is 4.74 Å². The number of aromatic amines is 1. The van der Waals surface area contributed by atoms with Crippen molar-refractivity contribution in [3.63, 3.8) is 0 Å². The number of aromatic nitrogens is 3. The van der Waals surface area contributed by atoms with Gasteiger partial charge in [-0.05, 0) is 31.0 Å². The van der Waals surface area contributed by atoms with Gasteiger partial charge < -0.3 is 10.1 Å². The number of carbonyl (C=O) groups excluding carboxylic acids is 1. The third kappa shape index (κ3) is 3.57. The molecule has 20 heavy (non-hydrogen) atoms. The summed E-state index contributed by atoms with van der Waals surface area (Å²) in [4.78, 5) is 15.4. The van der Waals surface area contributed by atoms with Crippen molar-refractivity contribution in [3.05, 3.63) is 41.0 Å². The highest BCUT2D eigenvalue weighted by atomic mass is 16.5. The smallest absolute Gasteiger partial charge is 0.227 e. The number of nitrogens with one attached hydrogen (secondary N) is 2. The lowest BCUT2D eigenvalue weighted by atomic mass is 10.1. The molecular weight excluding hydrogens is 256 g/mol. The summed E-state index contributed by atoms with van der Waals surface area (Å²) in [6, 6.07) is 6.04. The van der Waals surface area contributed by atoms with Crippen LogP contribution in [0.15, 0.2) is 18.2 Å².